The standard InChI is InChI=1S/C32H27BrN2O3/c1-20-18-35(19-22-7-9-24(10-8-22)27-5-3-4-6-28(27)32(37)38)30-16-13-25(17-29(20)30)31(36)34-21(2)23-11-14-26(33)15-12-23/h3-18,21H,19H2,1-2H3,(H,34,36)(H,37,38)/t21-/m0/s1. The predicted molar refractivity (Wildman–Crippen MR) is 155 cm³/mol. The van der Waals surface area contributed by atoms with E-state index in [1.807, 2.05) is 85.8 Å². The predicted octanol–water partition coefficient (Wildman–Crippen LogP) is 7.62. The molecule has 0 fully saturated rings. The summed E-state index contributed by atoms with van der Waals surface area (Å²) in [6, 6.07) is 28.7. The van der Waals surface area contributed by atoms with E-state index in [0.717, 1.165) is 37.6 Å². The van der Waals surface area contributed by atoms with Gasteiger partial charge in [0.05, 0.1) is 11.6 Å². The van der Waals surface area contributed by atoms with Crippen LogP contribution in [-0.4, -0.2) is 21.6 Å². The number of rotatable bonds is 7. The number of fused-ring (bicyclic) bond motifs is 1. The molecule has 4 aromatic carbocycles. The zero-order valence-corrected chi connectivity index (χ0v) is 22.7. The van der Waals surface area contributed by atoms with Crippen molar-refractivity contribution in [3.63, 3.8) is 0 Å². The maximum absolute atomic E-state index is 13.0. The molecule has 1 heterocycles. The number of nitrogens with one attached hydrogen (secondary N) is 1. The lowest BCUT2D eigenvalue weighted by molar-refractivity contribution is 0.0697. The van der Waals surface area contributed by atoms with Gasteiger partial charge in [-0.2, -0.15) is 0 Å². The zero-order chi connectivity index (χ0) is 26.8. The summed E-state index contributed by atoms with van der Waals surface area (Å²) >= 11 is 3.45. The molecule has 1 amide bonds. The third kappa shape index (κ3) is 5.27. The van der Waals surface area contributed by atoms with E-state index in [4.69, 9.17) is 0 Å². The highest BCUT2D eigenvalue weighted by atomic mass is 79.9. The first kappa shape index (κ1) is 25.5. The number of carbonyl (C=O) groups excluding carboxylic acids is 1. The number of carboxylic acid groups (broad SMARTS) is 1. The molecule has 1 atom stereocenters. The first-order valence-corrected chi connectivity index (χ1v) is 13.2. The minimum absolute atomic E-state index is 0.105. The molecule has 0 saturated carbocycles. The third-order valence-corrected chi connectivity index (χ3v) is 7.36. The molecule has 5 aromatic rings. The number of amides is 1. The summed E-state index contributed by atoms with van der Waals surface area (Å²) in [5.74, 6) is -1.04. The highest BCUT2D eigenvalue weighted by Gasteiger charge is 2.15. The van der Waals surface area contributed by atoms with Crippen LogP contribution in [0.25, 0.3) is 22.0 Å². The van der Waals surface area contributed by atoms with Crippen molar-refractivity contribution < 1.29 is 14.7 Å². The van der Waals surface area contributed by atoms with E-state index in [-0.39, 0.29) is 11.9 Å². The van der Waals surface area contributed by atoms with Gasteiger partial charge in [0, 0.05) is 33.7 Å². The fraction of sp³-hybridized carbons (Fsp3) is 0.125. The topological polar surface area (TPSA) is 71.3 Å². The van der Waals surface area contributed by atoms with Crippen LogP contribution < -0.4 is 5.32 Å². The van der Waals surface area contributed by atoms with Crippen molar-refractivity contribution in [2.24, 2.45) is 0 Å². The lowest BCUT2D eigenvalue weighted by Gasteiger charge is -2.15. The van der Waals surface area contributed by atoms with Gasteiger partial charge in [-0.15, -0.1) is 0 Å². The average molecular weight is 567 g/mol. The summed E-state index contributed by atoms with van der Waals surface area (Å²) in [5.41, 5.74) is 6.79. The summed E-state index contributed by atoms with van der Waals surface area (Å²) in [7, 11) is 0. The number of nitrogens with zero attached hydrogens (tertiary/aromatic N) is 1. The quantitative estimate of drug-likeness (QED) is 0.213. The van der Waals surface area contributed by atoms with Crippen LogP contribution in [0, 0.1) is 6.92 Å². The van der Waals surface area contributed by atoms with Crippen LogP contribution in [-0.2, 0) is 6.54 Å². The number of benzene rings is 4. The molecule has 5 nitrogen and oxygen atoms in total. The van der Waals surface area contributed by atoms with Gasteiger partial charge in [-0.25, -0.2) is 4.79 Å². The zero-order valence-electron chi connectivity index (χ0n) is 21.1. The molecule has 0 spiro atoms. The third-order valence-electron chi connectivity index (χ3n) is 6.84. The Morgan fingerprint density at radius 2 is 1.66 bits per heavy atom. The summed E-state index contributed by atoms with van der Waals surface area (Å²) in [5, 5.41) is 13.6. The molecule has 2 N–H and O–H groups in total. The summed E-state index contributed by atoms with van der Waals surface area (Å²) < 4.78 is 3.18. The summed E-state index contributed by atoms with van der Waals surface area (Å²) in [4.78, 5) is 24.6. The van der Waals surface area contributed by atoms with Crippen LogP contribution in [0.3, 0.4) is 0 Å². The van der Waals surface area contributed by atoms with Crippen LogP contribution in [0.1, 0.15) is 50.4 Å². The minimum Gasteiger partial charge on any atom is -0.478 e. The van der Waals surface area contributed by atoms with Gasteiger partial charge in [-0.1, -0.05) is 70.5 Å². The molecule has 5 rings (SSSR count). The van der Waals surface area contributed by atoms with Crippen LogP contribution in [0.4, 0.5) is 0 Å². The normalized spacial score (nSPS) is 11.9. The van der Waals surface area contributed by atoms with Crippen LogP contribution >= 0.6 is 15.9 Å². The smallest absolute Gasteiger partial charge is 0.336 e. The Morgan fingerprint density at radius 1 is 0.947 bits per heavy atom. The van der Waals surface area contributed by atoms with Gasteiger partial charge in [0.1, 0.15) is 0 Å². The van der Waals surface area contributed by atoms with E-state index in [1.165, 1.54) is 0 Å². The van der Waals surface area contributed by atoms with Crippen molar-refractivity contribution in [3.8, 4) is 11.1 Å². The van der Waals surface area contributed by atoms with Crippen molar-refractivity contribution in [1.29, 1.82) is 0 Å². The SMILES string of the molecule is Cc1cn(Cc2ccc(-c3ccccc3C(=O)O)cc2)c2ccc(C(=O)N[C@@H](C)c3ccc(Br)cc3)cc12. The highest BCUT2D eigenvalue weighted by molar-refractivity contribution is 9.10. The molecule has 0 radical (unpaired) electrons. The Bertz CT molecular complexity index is 1640. The van der Waals surface area contributed by atoms with Crippen molar-refractivity contribution in [1.82, 2.24) is 9.88 Å². The Hall–Kier alpha value is -4.16. The Labute approximate surface area is 229 Å². The van der Waals surface area contributed by atoms with E-state index >= 15 is 0 Å². The number of halogens is 1. The molecule has 0 aliphatic heterocycles. The fourth-order valence-corrected chi connectivity index (χ4v) is 5.03. The van der Waals surface area contributed by atoms with Crippen molar-refractivity contribution in [2.45, 2.75) is 26.4 Å². The first-order chi connectivity index (χ1) is 18.3. The fourth-order valence-electron chi connectivity index (χ4n) is 4.77. The van der Waals surface area contributed by atoms with Gasteiger partial charge >= 0.3 is 5.97 Å². The number of aryl methyl sites for hydroxylation is 1. The maximum Gasteiger partial charge on any atom is 0.336 e. The Morgan fingerprint density at radius 3 is 2.37 bits per heavy atom. The van der Waals surface area contributed by atoms with Gasteiger partial charge in [-0.3, -0.25) is 4.79 Å². The van der Waals surface area contributed by atoms with Crippen LogP contribution in [0.2, 0.25) is 0 Å². The maximum atomic E-state index is 13.0. The molecule has 0 unspecified atom stereocenters. The van der Waals surface area contributed by atoms with Gasteiger partial charge in [0.2, 0.25) is 0 Å². The highest BCUT2D eigenvalue weighted by Crippen LogP contribution is 2.27. The number of hydrogen-bond donors (Lipinski definition) is 2. The van der Waals surface area contributed by atoms with Crippen molar-refractivity contribution in [2.75, 3.05) is 0 Å². The van der Waals surface area contributed by atoms with Crippen LogP contribution in [0.5, 0.6) is 0 Å². The minimum atomic E-state index is -0.935. The molecular formula is C32H27BrN2O3. The van der Waals surface area contributed by atoms with E-state index in [9.17, 15) is 14.7 Å². The molecule has 190 valence electrons. The molecule has 0 aliphatic carbocycles. The molecule has 0 bridgehead atoms. The second-order valence-corrected chi connectivity index (χ2v) is 10.4. The lowest BCUT2D eigenvalue weighted by atomic mass is 9.99. The van der Waals surface area contributed by atoms with E-state index < -0.39 is 5.97 Å². The Kier molecular flexibility index (Phi) is 7.16. The second-order valence-electron chi connectivity index (χ2n) is 9.47. The average Bonchev–Trinajstić information content (AvgIpc) is 3.23. The van der Waals surface area contributed by atoms with Gasteiger partial charge in [0.15, 0.2) is 0 Å². The van der Waals surface area contributed by atoms with E-state index in [0.29, 0.717) is 23.2 Å². The summed E-state index contributed by atoms with van der Waals surface area (Å²) in [6.07, 6.45) is 2.10. The van der Waals surface area contributed by atoms with Gasteiger partial charge in [-0.05, 0) is 78.1 Å². The number of hydrogen-bond acceptors (Lipinski definition) is 2. The monoisotopic (exact) mass is 566 g/mol. The van der Waals surface area contributed by atoms with Crippen molar-refractivity contribution in [3.05, 3.63) is 129 Å². The molecule has 0 saturated heterocycles. The van der Waals surface area contributed by atoms with E-state index in [2.05, 4.69) is 38.9 Å². The molecule has 38 heavy (non-hydrogen) atoms. The number of carboxylic acids is 1. The largest absolute Gasteiger partial charge is 0.478 e. The molecule has 0 aliphatic rings. The van der Waals surface area contributed by atoms with Gasteiger partial charge in [0.25, 0.3) is 5.91 Å². The van der Waals surface area contributed by atoms with E-state index in [1.54, 1.807) is 12.1 Å². The molecule has 6 heteroatoms. The van der Waals surface area contributed by atoms with Gasteiger partial charge < -0.3 is 15.0 Å². The first-order valence-electron chi connectivity index (χ1n) is 12.4. The number of carbonyl (C=O) groups is 2. The second kappa shape index (κ2) is 10.7. The van der Waals surface area contributed by atoms with Crippen LogP contribution in [0.15, 0.2) is 102 Å². The number of aromatic nitrogens is 1. The molecule has 1 aromatic heterocycles. The number of aromatic carboxylic acids is 1. The van der Waals surface area contributed by atoms with Crippen molar-refractivity contribution >= 4 is 38.7 Å². The summed E-state index contributed by atoms with van der Waals surface area (Å²) in [6.45, 7) is 4.70. The molecular weight excluding hydrogens is 540 g/mol. The lowest BCUT2D eigenvalue weighted by Crippen LogP contribution is -2.26. The Balaban J connectivity index is 1.34.